The Labute approximate surface area is 97.0 Å². The molecular weight excluding hydrogens is 204 g/mol. The van der Waals surface area contributed by atoms with Crippen molar-refractivity contribution in [3.63, 3.8) is 0 Å². The normalized spacial score (nSPS) is 28.5. The SMILES string of the molecule is CC1CN(C(=NC2CCCC2)NN)CCO1. The van der Waals surface area contributed by atoms with Crippen LogP contribution in [0.4, 0.5) is 0 Å². The topological polar surface area (TPSA) is 62.9 Å². The summed E-state index contributed by atoms with van der Waals surface area (Å²) >= 11 is 0. The fraction of sp³-hybridized carbons (Fsp3) is 0.909. The first-order valence-corrected chi connectivity index (χ1v) is 6.20. The Balaban J connectivity index is 1.97. The molecule has 1 heterocycles. The minimum atomic E-state index is 0.260. The number of rotatable bonds is 1. The zero-order valence-electron chi connectivity index (χ0n) is 9.98. The van der Waals surface area contributed by atoms with Crippen LogP contribution >= 0.6 is 0 Å². The number of hydrazine groups is 1. The molecule has 2 rings (SSSR count). The van der Waals surface area contributed by atoms with Crippen LogP contribution in [0.25, 0.3) is 0 Å². The van der Waals surface area contributed by atoms with Gasteiger partial charge in [0.25, 0.3) is 0 Å². The van der Waals surface area contributed by atoms with E-state index in [2.05, 4.69) is 17.2 Å². The molecule has 0 radical (unpaired) electrons. The Morgan fingerprint density at radius 3 is 2.81 bits per heavy atom. The summed E-state index contributed by atoms with van der Waals surface area (Å²) in [6.45, 7) is 4.58. The fourth-order valence-electron chi connectivity index (χ4n) is 2.43. The standard InChI is InChI=1S/C11H22N4O/c1-9-8-15(6-7-16-9)11(14-12)13-10-4-2-3-5-10/h9-10H,2-8,12H2,1H3,(H,13,14). The lowest BCUT2D eigenvalue weighted by Gasteiger charge is -2.33. The van der Waals surface area contributed by atoms with Crippen molar-refractivity contribution in [2.75, 3.05) is 19.7 Å². The smallest absolute Gasteiger partial charge is 0.208 e. The predicted molar refractivity (Wildman–Crippen MR) is 64.0 cm³/mol. The summed E-state index contributed by atoms with van der Waals surface area (Å²) < 4.78 is 5.51. The number of nitrogens with one attached hydrogen (secondary N) is 1. The number of nitrogens with two attached hydrogens (primary N) is 1. The third-order valence-corrected chi connectivity index (χ3v) is 3.30. The summed E-state index contributed by atoms with van der Waals surface area (Å²) in [5.74, 6) is 6.40. The van der Waals surface area contributed by atoms with Crippen LogP contribution in [-0.2, 0) is 4.74 Å². The van der Waals surface area contributed by atoms with Crippen LogP contribution in [0.15, 0.2) is 4.99 Å². The van der Waals surface area contributed by atoms with Gasteiger partial charge >= 0.3 is 0 Å². The van der Waals surface area contributed by atoms with E-state index in [0.29, 0.717) is 6.04 Å². The predicted octanol–water partition coefficient (Wildman–Crippen LogP) is 0.469. The van der Waals surface area contributed by atoms with Crippen LogP contribution < -0.4 is 11.3 Å². The summed E-state index contributed by atoms with van der Waals surface area (Å²) in [5.41, 5.74) is 2.74. The molecule has 0 amide bonds. The van der Waals surface area contributed by atoms with E-state index in [9.17, 15) is 0 Å². The van der Waals surface area contributed by atoms with Crippen LogP contribution in [0.3, 0.4) is 0 Å². The summed E-state index contributed by atoms with van der Waals surface area (Å²) in [7, 11) is 0. The van der Waals surface area contributed by atoms with Gasteiger partial charge in [0.2, 0.25) is 5.96 Å². The van der Waals surface area contributed by atoms with Crippen LogP contribution in [-0.4, -0.2) is 42.7 Å². The number of nitrogens with zero attached hydrogens (tertiary/aromatic N) is 2. The number of aliphatic imine (C=N–C) groups is 1. The van der Waals surface area contributed by atoms with Crippen LogP contribution in [0.2, 0.25) is 0 Å². The Kier molecular flexibility index (Phi) is 4.01. The molecule has 1 atom stereocenters. The van der Waals surface area contributed by atoms with Gasteiger partial charge in [0, 0.05) is 13.1 Å². The van der Waals surface area contributed by atoms with E-state index in [-0.39, 0.29) is 6.10 Å². The quantitative estimate of drug-likeness (QED) is 0.295. The molecular formula is C11H22N4O. The van der Waals surface area contributed by atoms with E-state index in [1.807, 2.05) is 0 Å². The number of guanidine groups is 1. The third-order valence-electron chi connectivity index (χ3n) is 3.30. The van der Waals surface area contributed by atoms with Crippen molar-refractivity contribution >= 4 is 5.96 Å². The van der Waals surface area contributed by atoms with Gasteiger partial charge in [0.05, 0.1) is 18.8 Å². The van der Waals surface area contributed by atoms with Crippen molar-refractivity contribution in [1.29, 1.82) is 0 Å². The van der Waals surface area contributed by atoms with Crippen molar-refractivity contribution in [3.05, 3.63) is 0 Å². The average Bonchev–Trinajstić information content (AvgIpc) is 2.78. The van der Waals surface area contributed by atoms with Gasteiger partial charge in [0.15, 0.2) is 0 Å². The van der Waals surface area contributed by atoms with E-state index in [1.165, 1.54) is 25.7 Å². The highest BCUT2D eigenvalue weighted by molar-refractivity contribution is 5.79. The Bertz CT molecular complexity index is 250. The van der Waals surface area contributed by atoms with Gasteiger partial charge in [-0.25, -0.2) is 10.8 Å². The molecule has 92 valence electrons. The van der Waals surface area contributed by atoms with Gasteiger partial charge in [-0.1, -0.05) is 12.8 Å². The largest absolute Gasteiger partial charge is 0.375 e. The molecule has 2 fully saturated rings. The van der Waals surface area contributed by atoms with E-state index >= 15 is 0 Å². The van der Waals surface area contributed by atoms with E-state index in [1.54, 1.807) is 0 Å². The molecule has 1 aliphatic heterocycles. The Morgan fingerprint density at radius 1 is 1.44 bits per heavy atom. The van der Waals surface area contributed by atoms with Crippen molar-refractivity contribution in [2.45, 2.75) is 44.8 Å². The molecule has 1 aliphatic carbocycles. The van der Waals surface area contributed by atoms with Crippen LogP contribution in [0.1, 0.15) is 32.6 Å². The zero-order chi connectivity index (χ0) is 11.4. The molecule has 1 unspecified atom stereocenters. The molecule has 5 nitrogen and oxygen atoms in total. The molecule has 3 N–H and O–H groups in total. The van der Waals surface area contributed by atoms with E-state index < -0.39 is 0 Å². The van der Waals surface area contributed by atoms with Crippen LogP contribution in [0, 0.1) is 0 Å². The summed E-state index contributed by atoms with van der Waals surface area (Å²) in [5, 5.41) is 0. The molecule has 16 heavy (non-hydrogen) atoms. The average molecular weight is 226 g/mol. The Morgan fingerprint density at radius 2 is 2.19 bits per heavy atom. The summed E-state index contributed by atoms with van der Waals surface area (Å²) in [6, 6.07) is 0.462. The summed E-state index contributed by atoms with van der Waals surface area (Å²) in [4.78, 5) is 6.89. The van der Waals surface area contributed by atoms with Gasteiger partial charge in [0.1, 0.15) is 0 Å². The molecule has 2 aliphatic rings. The molecule has 0 bridgehead atoms. The van der Waals surface area contributed by atoms with Gasteiger partial charge in [-0.05, 0) is 19.8 Å². The van der Waals surface area contributed by atoms with Crippen molar-refractivity contribution in [2.24, 2.45) is 10.8 Å². The van der Waals surface area contributed by atoms with Gasteiger partial charge in [-0.15, -0.1) is 0 Å². The molecule has 0 aromatic carbocycles. The number of hydrogen-bond acceptors (Lipinski definition) is 3. The molecule has 0 spiro atoms. The minimum absolute atomic E-state index is 0.260. The highest BCUT2D eigenvalue weighted by atomic mass is 16.5. The lowest BCUT2D eigenvalue weighted by atomic mass is 10.3. The first-order chi connectivity index (χ1) is 7.79. The number of hydrogen-bond donors (Lipinski definition) is 2. The Hall–Kier alpha value is -0.810. The molecule has 1 saturated carbocycles. The molecule has 1 saturated heterocycles. The molecule has 5 heteroatoms. The highest BCUT2D eigenvalue weighted by Gasteiger charge is 2.21. The second-order valence-electron chi connectivity index (χ2n) is 4.66. The molecule has 0 aromatic heterocycles. The maximum atomic E-state index is 5.56. The third kappa shape index (κ3) is 2.86. The monoisotopic (exact) mass is 226 g/mol. The second-order valence-corrected chi connectivity index (χ2v) is 4.66. The molecule has 0 aromatic rings. The fourth-order valence-corrected chi connectivity index (χ4v) is 2.43. The van der Waals surface area contributed by atoms with Crippen molar-refractivity contribution in [1.82, 2.24) is 10.3 Å². The second kappa shape index (κ2) is 5.50. The van der Waals surface area contributed by atoms with E-state index in [0.717, 1.165) is 25.7 Å². The minimum Gasteiger partial charge on any atom is -0.375 e. The van der Waals surface area contributed by atoms with Crippen molar-refractivity contribution < 1.29 is 4.74 Å². The number of ether oxygens (including phenoxy) is 1. The van der Waals surface area contributed by atoms with Crippen LogP contribution in [0.5, 0.6) is 0 Å². The highest BCUT2D eigenvalue weighted by Crippen LogP contribution is 2.21. The maximum absolute atomic E-state index is 5.56. The van der Waals surface area contributed by atoms with Crippen molar-refractivity contribution in [3.8, 4) is 0 Å². The van der Waals surface area contributed by atoms with E-state index in [4.69, 9.17) is 15.6 Å². The van der Waals surface area contributed by atoms with Gasteiger partial charge < -0.3 is 9.64 Å². The first-order valence-electron chi connectivity index (χ1n) is 6.20. The van der Waals surface area contributed by atoms with Gasteiger partial charge in [-0.2, -0.15) is 0 Å². The summed E-state index contributed by atoms with van der Waals surface area (Å²) in [6.07, 6.45) is 5.25. The number of morpholine rings is 1. The zero-order valence-corrected chi connectivity index (χ0v) is 9.98. The lowest BCUT2D eigenvalue weighted by molar-refractivity contribution is 0.00450. The lowest BCUT2D eigenvalue weighted by Crippen LogP contribution is -2.52. The maximum Gasteiger partial charge on any atom is 0.208 e. The van der Waals surface area contributed by atoms with Gasteiger partial charge in [-0.3, -0.25) is 5.43 Å². The first kappa shape index (κ1) is 11.7.